The molecule has 0 amide bonds. The molecule has 1 unspecified atom stereocenters. The molecule has 4 heteroatoms. The van der Waals surface area contributed by atoms with Crippen molar-refractivity contribution in [1.82, 2.24) is 9.97 Å². The molecule has 4 nitrogen and oxygen atoms in total. The second-order valence-electron chi connectivity index (χ2n) is 3.50. The number of aliphatic hydroxyl groups is 1. The van der Waals surface area contributed by atoms with E-state index in [1.54, 1.807) is 18.5 Å². The summed E-state index contributed by atoms with van der Waals surface area (Å²) in [5.74, 6) is 0.769. The average molecular weight is 194 g/mol. The van der Waals surface area contributed by atoms with Gasteiger partial charge in [-0.1, -0.05) is 0 Å². The molecule has 1 aliphatic heterocycles. The third kappa shape index (κ3) is 2.08. The highest BCUT2D eigenvalue weighted by atomic mass is 16.5. The van der Waals surface area contributed by atoms with Crippen LogP contribution in [0.25, 0.3) is 0 Å². The van der Waals surface area contributed by atoms with Gasteiger partial charge in [-0.2, -0.15) is 0 Å². The van der Waals surface area contributed by atoms with E-state index in [1.165, 1.54) is 0 Å². The predicted octanol–water partition coefficient (Wildman–Crippen LogP) is 0.937. The molecule has 2 heterocycles. The molecule has 1 aliphatic rings. The third-order valence-corrected chi connectivity index (χ3v) is 2.56. The fraction of sp³-hybridized carbons (Fsp3) is 0.600. The molecular formula is C10H14N2O2. The van der Waals surface area contributed by atoms with Crippen molar-refractivity contribution in [2.75, 3.05) is 13.2 Å². The van der Waals surface area contributed by atoms with Gasteiger partial charge >= 0.3 is 0 Å². The highest BCUT2D eigenvalue weighted by Crippen LogP contribution is 2.27. The lowest BCUT2D eigenvalue weighted by atomic mass is 9.93. The third-order valence-electron chi connectivity index (χ3n) is 2.56. The second-order valence-corrected chi connectivity index (χ2v) is 3.50. The van der Waals surface area contributed by atoms with E-state index in [0.717, 1.165) is 26.1 Å². The van der Waals surface area contributed by atoms with Crippen molar-refractivity contribution in [1.29, 1.82) is 0 Å². The molecule has 0 radical (unpaired) electrons. The molecular weight excluding hydrogens is 180 g/mol. The van der Waals surface area contributed by atoms with Crippen LogP contribution in [0.2, 0.25) is 0 Å². The molecule has 0 bridgehead atoms. The first-order valence-electron chi connectivity index (χ1n) is 4.90. The number of rotatable bonds is 2. The van der Waals surface area contributed by atoms with Gasteiger partial charge in [0.15, 0.2) is 5.82 Å². The molecule has 14 heavy (non-hydrogen) atoms. The van der Waals surface area contributed by atoms with Crippen LogP contribution in [-0.2, 0) is 4.74 Å². The first-order chi connectivity index (χ1) is 6.88. The van der Waals surface area contributed by atoms with Gasteiger partial charge in [-0.05, 0) is 24.8 Å². The maximum absolute atomic E-state index is 9.96. The molecule has 1 saturated heterocycles. The van der Waals surface area contributed by atoms with Gasteiger partial charge in [0.2, 0.25) is 0 Å². The lowest BCUT2D eigenvalue weighted by Gasteiger charge is -2.25. The Kier molecular flexibility index (Phi) is 3.06. The topological polar surface area (TPSA) is 55.2 Å². The number of hydrogen-bond donors (Lipinski definition) is 1. The normalized spacial score (nSPS) is 20.6. The van der Waals surface area contributed by atoms with E-state index in [1.807, 2.05) is 0 Å². The van der Waals surface area contributed by atoms with Gasteiger partial charge in [0, 0.05) is 25.6 Å². The van der Waals surface area contributed by atoms with Gasteiger partial charge < -0.3 is 9.84 Å². The fourth-order valence-corrected chi connectivity index (χ4v) is 1.71. The summed E-state index contributed by atoms with van der Waals surface area (Å²) in [4.78, 5) is 8.10. The van der Waals surface area contributed by atoms with Crippen LogP contribution in [0.5, 0.6) is 0 Å². The average Bonchev–Trinajstić information content (AvgIpc) is 2.30. The second kappa shape index (κ2) is 4.48. The summed E-state index contributed by atoms with van der Waals surface area (Å²) in [5, 5.41) is 9.96. The van der Waals surface area contributed by atoms with Gasteiger partial charge in [0.05, 0.1) is 0 Å². The Bertz CT molecular complexity index is 273. The minimum absolute atomic E-state index is 0.242. The van der Waals surface area contributed by atoms with E-state index < -0.39 is 6.10 Å². The number of ether oxygens (including phenoxy) is 1. The summed E-state index contributed by atoms with van der Waals surface area (Å²) in [6.45, 7) is 1.46. The smallest absolute Gasteiger partial charge is 0.157 e. The van der Waals surface area contributed by atoms with Crippen LogP contribution in [0.3, 0.4) is 0 Å². The Morgan fingerprint density at radius 1 is 1.29 bits per heavy atom. The van der Waals surface area contributed by atoms with Crippen LogP contribution in [0.4, 0.5) is 0 Å². The SMILES string of the molecule is OC(c1ncccn1)C1CCOCC1. The van der Waals surface area contributed by atoms with E-state index >= 15 is 0 Å². The standard InChI is InChI=1S/C10H14N2O2/c13-9(8-2-6-14-7-3-8)10-11-4-1-5-12-10/h1,4-5,8-9,13H,2-3,6-7H2. The number of nitrogens with zero attached hydrogens (tertiary/aromatic N) is 2. The molecule has 0 saturated carbocycles. The minimum Gasteiger partial charge on any atom is -0.385 e. The molecule has 1 fully saturated rings. The van der Waals surface area contributed by atoms with Crippen molar-refractivity contribution in [3.05, 3.63) is 24.3 Å². The summed E-state index contributed by atoms with van der Waals surface area (Å²) >= 11 is 0. The Morgan fingerprint density at radius 3 is 2.57 bits per heavy atom. The maximum Gasteiger partial charge on any atom is 0.157 e. The van der Waals surface area contributed by atoms with Crippen molar-refractivity contribution in [2.45, 2.75) is 18.9 Å². The number of aromatic nitrogens is 2. The van der Waals surface area contributed by atoms with Gasteiger partial charge in [0.25, 0.3) is 0 Å². The van der Waals surface area contributed by atoms with E-state index in [2.05, 4.69) is 9.97 Å². The van der Waals surface area contributed by atoms with Crippen LogP contribution < -0.4 is 0 Å². The molecule has 76 valence electrons. The van der Waals surface area contributed by atoms with E-state index in [4.69, 9.17) is 4.74 Å². The zero-order chi connectivity index (χ0) is 9.80. The van der Waals surface area contributed by atoms with E-state index in [-0.39, 0.29) is 5.92 Å². The van der Waals surface area contributed by atoms with Gasteiger partial charge in [0.1, 0.15) is 6.10 Å². The first-order valence-corrected chi connectivity index (χ1v) is 4.90. The first kappa shape index (κ1) is 9.55. The highest BCUT2D eigenvalue weighted by molar-refractivity contribution is 4.95. The van der Waals surface area contributed by atoms with Gasteiger partial charge in [-0.3, -0.25) is 0 Å². The van der Waals surface area contributed by atoms with Crippen molar-refractivity contribution in [3.63, 3.8) is 0 Å². The Labute approximate surface area is 83.0 Å². The molecule has 1 aromatic rings. The van der Waals surface area contributed by atoms with Gasteiger partial charge in [-0.25, -0.2) is 9.97 Å². The molecule has 1 aromatic heterocycles. The van der Waals surface area contributed by atoms with Crippen LogP contribution in [0.1, 0.15) is 24.8 Å². The lowest BCUT2D eigenvalue weighted by molar-refractivity contribution is 0.00379. The van der Waals surface area contributed by atoms with Gasteiger partial charge in [-0.15, -0.1) is 0 Å². The molecule has 1 N–H and O–H groups in total. The predicted molar refractivity (Wildman–Crippen MR) is 50.5 cm³/mol. The summed E-state index contributed by atoms with van der Waals surface area (Å²) in [7, 11) is 0. The van der Waals surface area contributed by atoms with Crippen LogP contribution in [0.15, 0.2) is 18.5 Å². The van der Waals surface area contributed by atoms with Crippen LogP contribution in [-0.4, -0.2) is 28.3 Å². The molecule has 0 aliphatic carbocycles. The zero-order valence-corrected chi connectivity index (χ0v) is 7.97. The number of hydrogen-bond acceptors (Lipinski definition) is 4. The Balaban J connectivity index is 2.03. The largest absolute Gasteiger partial charge is 0.385 e. The monoisotopic (exact) mass is 194 g/mol. The van der Waals surface area contributed by atoms with Crippen LogP contribution >= 0.6 is 0 Å². The molecule has 0 aromatic carbocycles. The van der Waals surface area contributed by atoms with Crippen molar-refractivity contribution >= 4 is 0 Å². The maximum atomic E-state index is 9.96. The summed E-state index contributed by atoms with van der Waals surface area (Å²) in [6.07, 6.45) is 4.55. The summed E-state index contributed by atoms with van der Waals surface area (Å²) in [5.41, 5.74) is 0. The highest BCUT2D eigenvalue weighted by Gasteiger charge is 2.24. The van der Waals surface area contributed by atoms with Crippen molar-refractivity contribution in [2.24, 2.45) is 5.92 Å². The minimum atomic E-state index is -0.542. The molecule has 1 atom stereocenters. The molecule has 0 spiro atoms. The zero-order valence-electron chi connectivity index (χ0n) is 7.97. The Morgan fingerprint density at radius 2 is 1.93 bits per heavy atom. The summed E-state index contributed by atoms with van der Waals surface area (Å²) in [6, 6.07) is 1.75. The fourth-order valence-electron chi connectivity index (χ4n) is 1.71. The van der Waals surface area contributed by atoms with E-state index in [9.17, 15) is 5.11 Å². The molecule has 2 rings (SSSR count). The number of aliphatic hydroxyl groups excluding tert-OH is 1. The van der Waals surface area contributed by atoms with Crippen LogP contribution in [0, 0.1) is 5.92 Å². The van der Waals surface area contributed by atoms with Crippen molar-refractivity contribution in [3.8, 4) is 0 Å². The Hall–Kier alpha value is -1.00. The summed E-state index contributed by atoms with van der Waals surface area (Å²) < 4.78 is 5.23. The quantitative estimate of drug-likeness (QED) is 0.761. The van der Waals surface area contributed by atoms with Crippen molar-refractivity contribution < 1.29 is 9.84 Å². The lowest BCUT2D eigenvalue weighted by Crippen LogP contribution is -2.23. The van der Waals surface area contributed by atoms with E-state index in [0.29, 0.717) is 5.82 Å².